The molecule has 150 valence electrons. The zero-order valence-corrected chi connectivity index (χ0v) is 17.8. The molecule has 1 aromatic carbocycles. The molecule has 1 fully saturated rings. The Morgan fingerprint density at radius 2 is 2.08 bits per heavy atom. The van der Waals surface area contributed by atoms with Gasteiger partial charge in [-0.1, -0.05) is 38.4 Å². The molecular weight excluding hydrogens is 400 g/mol. The van der Waals surface area contributed by atoms with Crippen molar-refractivity contribution in [2.75, 3.05) is 13.1 Å². The number of hydrogen-bond acceptors (Lipinski definition) is 3. The Bertz CT molecular complexity index is 596. The van der Waals surface area contributed by atoms with Gasteiger partial charge in [0.25, 0.3) is 0 Å². The van der Waals surface area contributed by atoms with E-state index in [-0.39, 0.29) is 48.0 Å². The summed E-state index contributed by atoms with van der Waals surface area (Å²) in [5.74, 6) is -0.433. The van der Waals surface area contributed by atoms with Crippen molar-refractivity contribution in [1.82, 2.24) is 10.2 Å². The number of nitrogens with zero attached hydrogens (tertiary/aromatic N) is 1. The van der Waals surface area contributed by atoms with Gasteiger partial charge in [-0.3, -0.25) is 9.69 Å². The minimum Gasteiger partial charge on any atom is -0.351 e. The molecular formula is C18H29Cl3FN3O. The highest BCUT2D eigenvalue weighted by Gasteiger charge is 2.30. The lowest BCUT2D eigenvalue weighted by Gasteiger charge is -2.35. The van der Waals surface area contributed by atoms with Crippen molar-refractivity contribution in [3.05, 3.63) is 34.6 Å². The van der Waals surface area contributed by atoms with Crippen molar-refractivity contribution < 1.29 is 9.18 Å². The molecule has 1 aliphatic rings. The molecule has 1 aromatic rings. The van der Waals surface area contributed by atoms with E-state index in [0.29, 0.717) is 11.6 Å². The summed E-state index contributed by atoms with van der Waals surface area (Å²) in [7, 11) is 0. The largest absolute Gasteiger partial charge is 0.351 e. The highest BCUT2D eigenvalue weighted by molar-refractivity contribution is 6.31. The van der Waals surface area contributed by atoms with Gasteiger partial charge in [0.15, 0.2) is 0 Å². The van der Waals surface area contributed by atoms with E-state index in [2.05, 4.69) is 10.2 Å². The zero-order chi connectivity index (χ0) is 17.9. The van der Waals surface area contributed by atoms with Crippen LogP contribution in [-0.2, 0) is 11.3 Å². The second kappa shape index (κ2) is 10.7. The minimum atomic E-state index is -0.528. The van der Waals surface area contributed by atoms with Gasteiger partial charge in [0.2, 0.25) is 5.91 Å². The van der Waals surface area contributed by atoms with Crippen molar-refractivity contribution in [3.8, 4) is 0 Å². The first-order valence-electron chi connectivity index (χ1n) is 8.39. The van der Waals surface area contributed by atoms with E-state index in [1.807, 2.05) is 20.8 Å². The predicted molar refractivity (Wildman–Crippen MR) is 110 cm³/mol. The maximum atomic E-state index is 13.1. The summed E-state index contributed by atoms with van der Waals surface area (Å²) in [5.41, 5.74) is 6.66. The van der Waals surface area contributed by atoms with E-state index < -0.39 is 6.04 Å². The average Bonchev–Trinajstić information content (AvgIpc) is 2.49. The van der Waals surface area contributed by atoms with Crippen molar-refractivity contribution in [1.29, 1.82) is 0 Å². The molecule has 3 N–H and O–H groups in total. The second-order valence-corrected chi connectivity index (χ2v) is 8.07. The Balaban J connectivity index is 0.00000312. The predicted octanol–water partition coefficient (Wildman–Crippen LogP) is 3.78. The normalized spacial score (nSPS) is 19.1. The van der Waals surface area contributed by atoms with Gasteiger partial charge in [-0.2, -0.15) is 0 Å². The number of carbonyl (C=O) groups is 1. The van der Waals surface area contributed by atoms with E-state index in [9.17, 15) is 9.18 Å². The third-order valence-electron chi connectivity index (χ3n) is 4.48. The van der Waals surface area contributed by atoms with Crippen LogP contribution in [0.25, 0.3) is 0 Å². The van der Waals surface area contributed by atoms with Crippen LogP contribution in [0.2, 0.25) is 5.02 Å². The number of nitrogens with two attached hydrogens (primary N) is 1. The van der Waals surface area contributed by atoms with Gasteiger partial charge in [0, 0.05) is 24.2 Å². The number of piperidine rings is 1. The molecule has 0 aromatic heterocycles. The summed E-state index contributed by atoms with van der Waals surface area (Å²) in [6.07, 6.45) is 1.94. The Morgan fingerprint density at radius 3 is 2.65 bits per heavy atom. The molecule has 0 saturated carbocycles. The molecule has 0 aliphatic carbocycles. The first kappa shape index (κ1) is 25.4. The number of hydrogen-bond donors (Lipinski definition) is 2. The second-order valence-electron chi connectivity index (χ2n) is 7.66. The summed E-state index contributed by atoms with van der Waals surface area (Å²) >= 11 is 6.11. The lowest BCUT2D eigenvalue weighted by Crippen LogP contribution is -2.54. The standard InChI is InChI=1S/C18H27ClFN3O.2ClH/c1-18(2,3)16(21)17(24)22-14-5-4-8-23(11-14)10-12-6-7-13(20)9-15(12)19;;/h6-7,9,14,16H,4-5,8,10-11,21H2,1-3H3,(H,22,24);2*1H/t14?,16-;;/m1../s1. The molecule has 26 heavy (non-hydrogen) atoms. The van der Waals surface area contributed by atoms with Gasteiger partial charge < -0.3 is 11.1 Å². The Morgan fingerprint density at radius 1 is 1.42 bits per heavy atom. The van der Waals surface area contributed by atoms with Crippen molar-refractivity contribution >= 4 is 42.3 Å². The molecule has 1 aliphatic heterocycles. The summed E-state index contributed by atoms with van der Waals surface area (Å²) in [4.78, 5) is 14.5. The Labute approximate surface area is 172 Å². The van der Waals surface area contributed by atoms with Crippen LogP contribution in [0.1, 0.15) is 39.2 Å². The summed E-state index contributed by atoms with van der Waals surface area (Å²) in [6, 6.07) is 4.03. The molecule has 4 nitrogen and oxygen atoms in total. The molecule has 1 unspecified atom stereocenters. The van der Waals surface area contributed by atoms with E-state index >= 15 is 0 Å². The van der Waals surface area contributed by atoms with Crippen molar-refractivity contribution in [2.24, 2.45) is 11.1 Å². The van der Waals surface area contributed by atoms with Crippen LogP contribution in [0, 0.1) is 11.2 Å². The molecule has 2 atom stereocenters. The van der Waals surface area contributed by atoms with Gasteiger partial charge in [-0.25, -0.2) is 4.39 Å². The lowest BCUT2D eigenvalue weighted by atomic mass is 9.86. The highest BCUT2D eigenvalue weighted by atomic mass is 35.5. The van der Waals surface area contributed by atoms with Crippen molar-refractivity contribution in [3.63, 3.8) is 0 Å². The first-order chi connectivity index (χ1) is 11.2. The van der Waals surface area contributed by atoms with Gasteiger partial charge in [-0.05, 0) is 42.5 Å². The van der Waals surface area contributed by atoms with Crippen LogP contribution in [0.5, 0.6) is 0 Å². The van der Waals surface area contributed by atoms with E-state index in [1.54, 1.807) is 6.07 Å². The fourth-order valence-electron chi connectivity index (χ4n) is 2.89. The number of carbonyl (C=O) groups excluding carboxylic acids is 1. The van der Waals surface area contributed by atoms with E-state index in [0.717, 1.165) is 31.5 Å². The Hall–Kier alpha value is -0.590. The number of halogens is 4. The molecule has 0 spiro atoms. The highest BCUT2D eigenvalue weighted by Crippen LogP contribution is 2.22. The van der Waals surface area contributed by atoms with Gasteiger partial charge in [-0.15, -0.1) is 24.8 Å². The average molecular weight is 429 g/mol. The van der Waals surface area contributed by atoms with Gasteiger partial charge >= 0.3 is 0 Å². The van der Waals surface area contributed by atoms with E-state index in [4.69, 9.17) is 17.3 Å². The van der Waals surface area contributed by atoms with Crippen LogP contribution in [0.4, 0.5) is 4.39 Å². The number of likely N-dealkylation sites (tertiary alicyclic amines) is 1. The SMILES string of the molecule is CC(C)(C)[C@H](N)C(=O)NC1CCCN(Cc2ccc(F)cc2Cl)C1.Cl.Cl. The fraction of sp³-hybridized carbons (Fsp3) is 0.611. The molecule has 8 heteroatoms. The smallest absolute Gasteiger partial charge is 0.237 e. The summed E-state index contributed by atoms with van der Waals surface area (Å²) in [6.45, 7) is 8.21. The summed E-state index contributed by atoms with van der Waals surface area (Å²) < 4.78 is 13.1. The van der Waals surface area contributed by atoms with Gasteiger partial charge in [0.1, 0.15) is 5.82 Å². The zero-order valence-electron chi connectivity index (χ0n) is 15.4. The third kappa shape index (κ3) is 7.20. The number of benzene rings is 1. The molecule has 2 rings (SSSR count). The quantitative estimate of drug-likeness (QED) is 0.767. The molecule has 0 radical (unpaired) electrons. The van der Waals surface area contributed by atoms with Crippen LogP contribution in [0.3, 0.4) is 0 Å². The van der Waals surface area contributed by atoms with Crippen LogP contribution >= 0.6 is 36.4 Å². The lowest BCUT2D eigenvalue weighted by molar-refractivity contribution is -0.125. The maximum absolute atomic E-state index is 13.1. The number of nitrogens with one attached hydrogen (secondary N) is 1. The molecule has 1 amide bonds. The number of amides is 1. The minimum absolute atomic E-state index is 0. The van der Waals surface area contributed by atoms with Crippen LogP contribution in [-0.4, -0.2) is 36.0 Å². The third-order valence-corrected chi connectivity index (χ3v) is 4.83. The molecule has 0 bridgehead atoms. The number of rotatable bonds is 4. The summed E-state index contributed by atoms with van der Waals surface area (Å²) in [5, 5.41) is 3.51. The van der Waals surface area contributed by atoms with Crippen molar-refractivity contribution in [2.45, 2.75) is 52.2 Å². The monoisotopic (exact) mass is 427 g/mol. The topological polar surface area (TPSA) is 58.4 Å². The molecule has 1 heterocycles. The van der Waals surface area contributed by atoms with Gasteiger partial charge in [0.05, 0.1) is 6.04 Å². The van der Waals surface area contributed by atoms with E-state index in [1.165, 1.54) is 12.1 Å². The Kier molecular flexibility index (Phi) is 10.4. The first-order valence-corrected chi connectivity index (χ1v) is 8.77. The molecule has 1 saturated heterocycles. The van der Waals surface area contributed by atoms with Crippen LogP contribution < -0.4 is 11.1 Å². The maximum Gasteiger partial charge on any atom is 0.237 e. The van der Waals surface area contributed by atoms with Crippen LogP contribution in [0.15, 0.2) is 18.2 Å². The fourth-order valence-corrected chi connectivity index (χ4v) is 3.12.